The molecular formula is C22H26NO4+. The fourth-order valence-corrected chi connectivity index (χ4v) is 3.76. The average Bonchev–Trinajstić information content (AvgIpc) is 3.20. The van der Waals surface area contributed by atoms with E-state index in [1.807, 2.05) is 24.3 Å². The van der Waals surface area contributed by atoms with Gasteiger partial charge >= 0.3 is 5.63 Å². The van der Waals surface area contributed by atoms with Gasteiger partial charge in [-0.3, -0.25) is 0 Å². The summed E-state index contributed by atoms with van der Waals surface area (Å²) in [5.74, 6) is 0. The van der Waals surface area contributed by atoms with Gasteiger partial charge in [0.25, 0.3) is 0 Å². The third kappa shape index (κ3) is 4.38. The first-order valence-corrected chi connectivity index (χ1v) is 9.77. The minimum Gasteiger partial charge on any atom is -0.423 e. The molecule has 0 radical (unpaired) electrons. The molecule has 0 spiro atoms. The molecule has 1 aliphatic heterocycles. The molecule has 0 unspecified atom stereocenters. The second-order valence-electron chi connectivity index (χ2n) is 7.10. The maximum Gasteiger partial charge on any atom is 0.336 e. The summed E-state index contributed by atoms with van der Waals surface area (Å²) in [6, 6.07) is 13.7. The van der Waals surface area contributed by atoms with Gasteiger partial charge in [-0.15, -0.1) is 0 Å². The monoisotopic (exact) mass is 368 g/mol. The fraction of sp³-hybridized carbons (Fsp3) is 0.409. The molecule has 2 N–H and O–H groups in total. The Labute approximate surface area is 158 Å². The van der Waals surface area contributed by atoms with Crippen molar-refractivity contribution in [2.75, 3.05) is 26.4 Å². The highest BCUT2D eigenvalue weighted by molar-refractivity contribution is 6.06. The molecule has 3 aromatic rings. The molecule has 5 nitrogen and oxygen atoms in total. The van der Waals surface area contributed by atoms with E-state index in [1.165, 1.54) is 0 Å². The molecule has 5 heteroatoms. The molecule has 142 valence electrons. The lowest BCUT2D eigenvalue weighted by atomic mass is 10.0. The number of nitrogens with two attached hydrogens (primary N) is 1. The van der Waals surface area contributed by atoms with Crippen LogP contribution in [0.15, 0.2) is 51.7 Å². The van der Waals surface area contributed by atoms with E-state index in [4.69, 9.17) is 13.9 Å². The Bertz CT molecular complexity index is 959. The van der Waals surface area contributed by atoms with Gasteiger partial charge in [0.15, 0.2) is 0 Å². The van der Waals surface area contributed by atoms with E-state index in [1.54, 1.807) is 6.07 Å². The molecule has 2 aromatic carbocycles. The Kier molecular flexibility index (Phi) is 5.82. The zero-order valence-corrected chi connectivity index (χ0v) is 15.5. The second kappa shape index (κ2) is 8.65. The number of hydrogen-bond acceptors (Lipinski definition) is 4. The Morgan fingerprint density at radius 1 is 1.19 bits per heavy atom. The van der Waals surface area contributed by atoms with Crippen LogP contribution in [0.1, 0.15) is 24.8 Å². The minimum atomic E-state index is -0.291. The second-order valence-corrected chi connectivity index (χ2v) is 7.10. The predicted octanol–water partition coefficient (Wildman–Crippen LogP) is 2.60. The third-order valence-electron chi connectivity index (χ3n) is 5.10. The lowest BCUT2D eigenvalue weighted by Crippen LogP contribution is -2.82. The number of rotatable bonds is 8. The van der Waals surface area contributed by atoms with Crippen LogP contribution in [-0.2, 0) is 16.0 Å². The van der Waals surface area contributed by atoms with Crippen molar-refractivity contribution >= 4 is 21.7 Å². The number of fused-ring (bicyclic) bond motifs is 3. The van der Waals surface area contributed by atoms with Gasteiger partial charge in [0.05, 0.1) is 25.9 Å². The van der Waals surface area contributed by atoms with Crippen molar-refractivity contribution in [3.8, 4) is 0 Å². The minimum absolute atomic E-state index is 0.289. The average molecular weight is 368 g/mol. The SMILES string of the molecule is O=c1cc(C[NH2+]CCCOC[C@@H]2CCCO2)c2c(ccc3ccccc32)o1. The van der Waals surface area contributed by atoms with Gasteiger partial charge in [0.1, 0.15) is 12.1 Å². The van der Waals surface area contributed by atoms with Crippen LogP contribution in [0.3, 0.4) is 0 Å². The van der Waals surface area contributed by atoms with Crippen LogP contribution in [0, 0.1) is 0 Å². The Balaban J connectivity index is 1.37. The summed E-state index contributed by atoms with van der Waals surface area (Å²) < 4.78 is 16.7. The van der Waals surface area contributed by atoms with Gasteiger partial charge in [-0.1, -0.05) is 30.3 Å². The molecule has 1 aromatic heterocycles. The molecule has 4 rings (SSSR count). The van der Waals surface area contributed by atoms with Crippen molar-refractivity contribution in [1.82, 2.24) is 0 Å². The Hall–Kier alpha value is -2.21. The molecule has 1 atom stereocenters. The topological polar surface area (TPSA) is 65.3 Å². The van der Waals surface area contributed by atoms with Crippen molar-refractivity contribution in [2.24, 2.45) is 0 Å². The van der Waals surface area contributed by atoms with Gasteiger partial charge in [0, 0.05) is 30.0 Å². The normalized spacial score (nSPS) is 17.1. The van der Waals surface area contributed by atoms with Crippen LogP contribution < -0.4 is 10.9 Å². The highest BCUT2D eigenvalue weighted by atomic mass is 16.5. The van der Waals surface area contributed by atoms with Gasteiger partial charge < -0.3 is 19.2 Å². The molecular weight excluding hydrogens is 342 g/mol. The van der Waals surface area contributed by atoms with Gasteiger partial charge in [-0.2, -0.15) is 0 Å². The largest absolute Gasteiger partial charge is 0.423 e. The fourth-order valence-electron chi connectivity index (χ4n) is 3.76. The Morgan fingerprint density at radius 3 is 3.00 bits per heavy atom. The van der Waals surface area contributed by atoms with Crippen molar-refractivity contribution < 1.29 is 19.2 Å². The quantitative estimate of drug-likeness (QED) is 0.377. The van der Waals surface area contributed by atoms with Gasteiger partial charge in [0.2, 0.25) is 0 Å². The lowest BCUT2D eigenvalue weighted by Gasteiger charge is -2.10. The van der Waals surface area contributed by atoms with Crippen LogP contribution >= 0.6 is 0 Å². The van der Waals surface area contributed by atoms with E-state index in [9.17, 15) is 4.79 Å². The molecule has 0 bridgehead atoms. The molecule has 0 amide bonds. The van der Waals surface area contributed by atoms with E-state index in [-0.39, 0.29) is 11.7 Å². The van der Waals surface area contributed by atoms with Crippen LogP contribution in [0.2, 0.25) is 0 Å². The molecule has 2 heterocycles. The molecule has 27 heavy (non-hydrogen) atoms. The van der Waals surface area contributed by atoms with Crippen molar-refractivity contribution in [2.45, 2.75) is 31.9 Å². The van der Waals surface area contributed by atoms with E-state index in [2.05, 4.69) is 17.4 Å². The van der Waals surface area contributed by atoms with Crippen LogP contribution in [0.25, 0.3) is 21.7 Å². The smallest absolute Gasteiger partial charge is 0.336 e. The first-order valence-electron chi connectivity index (χ1n) is 9.77. The number of benzene rings is 2. The highest BCUT2D eigenvalue weighted by Gasteiger charge is 2.15. The zero-order chi connectivity index (χ0) is 18.5. The number of ether oxygens (including phenoxy) is 2. The molecule has 1 fully saturated rings. The molecule has 0 saturated carbocycles. The maximum atomic E-state index is 11.9. The standard InChI is InChI=1S/C22H25NO4/c24-21-13-17(14-23-10-4-11-25-15-18-6-3-12-26-18)22-19-7-2-1-5-16(19)8-9-20(22)27-21/h1-2,5,7-9,13,18,23H,3-4,6,10-12,14-15H2/p+1/t18-/m0/s1. The summed E-state index contributed by atoms with van der Waals surface area (Å²) in [5, 5.41) is 5.55. The van der Waals surface area contributed by atoms with Gasteiger partial charge in [-0.05, 0) is 29.7 Å². The summed E-state index contributed by atoms with van der Waals surface area (Å²) in [7, 11) is 0. The van der Waals surface area contributed by atoms with Crippen molar-refractivity contribution in [1.29, 1.82) is 0 Å². The van der Waals surface area contributed by atoms with Crippen molar-refractivity contribution in [3.63, 3.8) is 0 Å². The summed E-state index contributed by atoms with van der Waals surface area (Å²) in [4.78, 5) is 11.9. The summed E-state index contributed by atoms with van der Waals surface area (Å²) >= 11 is 0. The molecule has 0 aliphatic carbocycles. The first kappa shape index (κ1) is 18.2. The predicted molar refractivity (Wildman–Crippen MR) is 105 cm³/mol. The van der Waals surface area contributed by atoms with E-state index >= 15 is 0 Å². The first-order chi connectivity index (χ1) is 13.3. The zero-order valence-electron chi connectivity index (χ0n) is 15.5. The number of quaternary nitrogens is 1. The van der Waals surface area contributed by atoms with E-state index in [0.29, 0.717) is 12.2 Å². The lowest BCUT2D eigenvalue weighted by molar-refractivity contribution is -0.670. The number of hydrogen-bond donors (Lipinski definition) is 1. The molecule has 1 aliphatic rings. The summed E-state index contributed by atoms with van der Waals surface area (Å²) in [6.45, 7) is 4.03. The molecule has 1 saturated heterocycles. The maximum absolute atomic E-state index is 11.9. The van der Waals surface area contributed by atoms with Crippen LogP contribution in [0.5, 0.6) is 0 Å². The van der Waals surface area contributed by atoms with Crippen LogP contribution in [0.4, 0.5) is 0 Å². The summed E-state index contributed by atoms with van der Waals surface area (Å²) in [5.41, 5.74) is 1.39. The highest BCUT2D eigenvalue weighted by Crippen LogP contribution is 2.26. The van der Waals surface area contributed by atoms with Gasteiger partial charge in [-0.25, -0.2) is 4.79 Å². The van der Waals surface area contributed by atoms with Crippen LogP contribution in [-0.4, -0.2) is 32.5 Å². The van der Waals surface area contributed by atoms with E-state index < -0.39 is 0 Å². The van der Waals surface area contributed by atoms with Crippen molar-refractivity contribution in [3.05, 3.63) is 58.4 Å². The van der Waals surface area contributed by atoms with E-state index in [0.717, 1.165) is 67.3 Å². The Morgan fingerprint density at radius 2 is 2.11 bits per heavy atom. The summed E-state index contributed by atoms with van der Waals surface area (Å²) in [6.07, 6.45) is 3.53. The third-order valence-corrected chi connectivity index (χ3v) is 5.10.